The highest BCUT2D eigenvalue weighted by molar-refractivity contribution is 7.91. The van der Waals surface area contributed by atoms with Crippen LogP contribution in [0.5, 0.6) is 0 Å². The molecule has 4 nitrogen and oxygen atoms in total. The summed E-state index contributed by atoms with van der Waals surface area (Å²) >= 11 is 5.19. The molecule has 0 aromatic rings. The van der Waals surface area contributed by atoms with Gasteiger partial charge >= 0.3 is 0 Å². The number of nitrogens with zero attached hydrogens (tertiary/aromatic N) is 1. The van der Waals surface area contributed by atoms with Crippen molar-refractivity contribution < 1.29 is 8.42 Å². The first-order chi connectivity index (χ1) is 6.55. The summed E-state index contributed by atoms with van der Waals surface area (Å²) < 4.78 is 22.3. The van der Waals surface area contributed by atoms with Crippen LogP contribution in [0.3, 0.4) is 0 Å². The van der Waals surface area contributed by atoms with Gasteiger partial charge in [0, 0.05) is 13.1 Å². The smallest absolute Gasteiger partial charge is 0.153 e. The average Bonchev–Trinajstić information content (AvgIpc) is 2.14. The van der Waals surface area contributed by atoms with Gasteiger partial charge in [-0.2, -0.15) is 0 Å². The van der Waals surface area contributed by atoms with Crippen LogP contribution in [-0.2, 0) is 9.84 Å². The Kier molecular flexibility index (Phi) is 4.28. The van der Waals surface area contributed by atoms with Crippen LogP contribution in [0.1, 0.15) is 12.8 Å². The number of thiocarbonyl (C=S) groups is 1. The van der Waals surface area contributed by atoms with Crippen LogP contribution >= 0.6 is 12.2 Å². The van der Waals surface area contributed by atoms with Crippen LogP contribution in [0, 0.1) is 0 Å². The number of sulfone groups is 1. The van der Waals surface area contributed by atoms with E-state index in [4.69, 9.17) is 18.0 Å². The molecular weight excluding hydrogens is 220 g/mol. The quantitative estimate of drug-likeness (QED) is 0.687. The molecule has 0 unspecified atom stereocenters. The van der Waals surface area contributed by atoms with Gasteiger partial charge in [-0.15, -0.1) is 0 Å². The molecule has 82 valence electrons. The van der Waals surface area contributed by atoms with Gasteiger partial charge in [-0.05, 0) is 19.4 Å². The van der Waals surface area contributed by atoms with Gasteiger partial charge in [-0.25, -0.2) is 8.42 Å². The molecule has 2 N–H and O–H groups in total. The van der Waals surface area contributed by atoms with E-state index in [9.17, 15) is 8.42 Å². The third-order valence-electron chi connectivity index (χ3n) is 2.29. The van der Waals surface area contributed by atoms with E-state index in [1.54, 1.807) is 0 Å². The predicted octanol–water partition coefficient (Wildman–Crippen LogP) is -0.217. The van der Waals surface area contributed by atoms with Crippen molar-refractivity contribution in [2.45, 2.75) is 12.8 Å². The molecule has 0 aliphatic carbocycles. The molecule has 14 heavy (non-hydrogen) atoms. The van der Waals surface area contributed by atoms with E-state index in [1.165, 1.54) is 0 Å². The zero-order valence-electron chi connectivity index (χ0n) is 8.11. The Labute approximate surface area is 90.4 Å². The van der Waals surface area contributed by atoms with E-state index in [0.717, 1.165) is 17.8 Å². The fourth-order valence-electron chi connectivity index (χ4n) is 1.37. The van der Waals surface area contributed by atoms with Gasteiger partial charge in [0.15, 0.2) is 9.84 Å². The molecule has 1 saturated heterocycles. The van der Waals surface area contributed by atoms with Gasteiger partial charge in [-0.1, -0.05) is 12.2 Å². The summed E-state index contributed by atoms with van der Waals surface area (Å²) in [6, 6.07) is 0. The Morgan fingerprint density at radius 2 is 1.93 bits per heavy atom. The molecule has 1 rings (SSSR count). The summed E-state index contributed by atoms with van der Waals surface area (Å²) in [6.07, 6.45) is 1.67. The standard InChI is InChI=1S/C8H16N2O2S2/c9-3-1-2-8(13)10-4-6-14(11,12)7-5-10/h1-7,9H2. The molecule has 0 aromatic heterocycles. The zero-order chi connectivity index (χ0) is 10.6. The van der Waals surface area contributed by atoms with Crippen LogP contribution in [0.25, 0.3) is 0 Å². The second-order valence-corrected chi connectivity index (χ2v) is 6.20. The monoisotopic (exact) mass is 236 g/mol. The lowest BCUT2D eigenvalue weighted by atomic mass is 10.3. The molecule has 0 radical (unpaired) electrons. The van der Waals surface area contributed by atoms with Crippen LogP contribution in [-0.4, -0.2) is 49.4 Å². The summed E-state index contributed by atoms with van der Waals surface area (Å²) in [7, 11) is -2.80. The van der Waals surface area contributed by atoms with Crippen molar-refractivity contribution in [2.24, 2.45) is 5.73 Å². The predicted molar refractivity (Wildman–Crippen MR) is 61.1 cm³/mol. The molecule has 1 aliphatic heterocycles. The van der Waals surface area contributed by atoms with Crippen LogP contribution in [0.15, 0.2) is 0 Å². The molecule has 1 aliphatic rings. The molecule has 0 amide bonds. The van der Waals surface area contributed by atoms with Crippen molar-refractivity contribution in [2.75, 3.05) is 31.1 Å². The van der Waals surface area contributed by atoms with E-state index in [1.807, 2.05) is 4.90 Å². The molecule has 0 aromatic carbocycles. The molecule has 1 heterocycles. The van der Waals surface area contributed by atoms with E-state index in [-0.39, 0.29) is 11.5 Å². The molecule has 0 spiro atoms. The van der Waals surface area contributed by atoms with E-state index >= 15 is 0 Å². The normalized spacial score (nSPS) is 20.8. The van der Waals surface area contributed by atoms with Crippen molar-refractivity contribution in [3.05, 3.63) is 0 Å². The Morgan fingerprint density at radius 3 is 2.43 bits per heavy atom. The van der Waals surface area contributed by atoms with Gasteiger partial charge in [0.1, 0.15) is 0 Å². The summed E-state index contributed by atoms with van der Waals surface area (Å²) in [5, 5.41) is 0. The minimum Gasteiger partial charge on any atom is -0.364 e. The Bertz CT molecular complexity index is 286. The third kappa shape index (κ3) is 3.51. The zero-order valence-corrected chi connectivity index (χ0v) is 9.74. The van der Waals surface area contributed by atoms with Crippen molar-refractivity contribution in [3.8, 4) is 0 Å². The van der Waals surface area contributed by atoms with Crippen molar-refractivity contribution in [1.82, 2.24) is 4.90 Å². The van der Waals surface area contributed by atoms with E-state index in [0.29, 0.717) is 19.6 Å². The minimum atomic E-state index is -2.80. The van der Waals surface area contributed by atoms with Crippen LogP contribution in [0.4, 0.5) is 0 Å². The first-order valence-electron chi connectivity index (χ1n) is 4.73. The third-order valence-corrected chi connectivity index (χ3v) is 4.36. The second kappa shape index (κ2) is 5.04. The first kappa shape index (κ1) is 11.9. The molecular formula is C8H16N2O2S2. The fraction of sp³-hybridized carbons (Fsp3) is 0.875. The van der Waals surface area contributed by atoms with Gasteiger partial charge in [-0.3, -0.25) is 0 Å². The van der Waals surface area contributed by atoms with Gasteiger partial charge < -0.3 is 10.6 Å². The molecule has 6 heteroatoms. The number of hydrogen-bond donors (Lipinski definition) is 1. The lowest BCUT2D eigenvalue weighted by Crippen LogP contribution is -2.43. The van der Waals surface area contributed by atoms with Crippen LogP contribution < -0.4 is 5.73 Å². The average molecular weight is 236 g/mol. The summed E-state index contributed by atoms with van der Waals surface area (Å²) in [4.78, 5) is 2.83. The number of hydrogen-bond acceptors (Lipinski definition) is 4. The fourth-order valence-corrected chi connectivity index (χ4v) is 2.90. The molecule has 0 saturated carbocycles. The van der Waals surface area contributed by atoms with Crippen molar-refractivity contribution in [3.63, 3.8) is 0 Å². The highest BCUT2D eigenvalue weighted by Gasteiger charge is 2.22. The SMILES string of the molecule is NCCCC(=S)N1CCS(=O)(=O)CC1. The Hall–Kier alpha value is -0.200. The highest BCUT2D eigenvalue weighted by atomic mass is 32.2. The summed E-state index contributed by atoms with van der Waals surface area (Å²) in [5.41, 5.74) is 5.38. The minimum absolute atomic E-state index is 0.232. The Balaban J connectivity index is 2.38. The molecule has 0 bridgehead atoms. The Morgan fingerprint density at radius 1 is 1.36 bits per heavy atom. The van der Waals surface area contributed by atoms with E-state index in [2.05, 4.69) is 0 Å². The maximum Gasteiger partial charge on any atom is 0.153 e. The number of nitrogens with two attached hydrogens (primary N) is 1. The number of rotatable bonds is 3. The van der Waals surface area contributed by atoms with Gasteiger partial charge in [0.2, 0.25) is 0 Å². The lowest BCUT2D eigenvalue weighted by Gasteiger charge is -2.29. The maximum absolute atomic E-state index is 11.1. The molecule has 1 fully saturated rings. The lowest BCUT2D eigenvalue weighted by molar-refractivity contribution is 0.440. The topological polar surface area (TPSA) is 63.4 Å². The van der Waals surface area contributed by atoms with Crippen molar-refractivity contribution in [1.29, 1.82) is 0 Å². The maximum atomic E-state index is 11.1. The van der Waals surface area contributed by atoms with Crippen LogP contribution in [0.2, 0.25) is 0 Å². The highest BCUT2D eigenvalue weighted by Crippen LogP contribution is 2.07. The summed E-state index contributed by atoms with van der Waals surface area (Å²) in [6.45, 7) is 1.73. The summed E-state index contributed by atoms with van der Waals surface area (Å²) in [5.74, 6) is 0.464. The largest absolute Gasteiger partial charge is 0.364 e. The second-order valence-electron chi connectivity index (χ2n) is 3.42. The van der Waals surface area contributed by atoms with Gasteiger partial charge in [0.05, 0.1) is 16.5 Å². The first-order valence-corrected chi connectivity index (χ1v) is 6.96. The van der Waals surface area contributed by atoms with Gasteiger partial charge in [0.25, 0.3) is 0 Å². The van der Waals surface area contributed by atoms with Crippen molar-refractivity contribution >= 4 is 27.0 Å². The molecule has 0 atom stereocenters. The van der Waals surface area contributed by atoms with E-state index < -0.39 is 9.84 Å².